The maximum atomic E-state index is 14.3. The maximum absolute atomic E-state index is 14.3. The van der Waals surface area contributed by atoms with Gasteiger partial charge in [-0.2, -0.15) is 0 Å². The van der Waals surface area contributed by atoms with E-state index in [0.29, 0.717) is 41.9 Å². The fourth-order valence-electron chi connectivity index (χ4n) is 8.24. The molecule has 9 aromatic rings. The number of pyridine rings is 3. The Morgan fingerprint density at radius 1 is 0.545 bits per heavy atom. The molecule has 0 atom stereocenters. The summed E-state index contributed by atoms with van der Waals surface area (Å²) in [6.45, 7) is 6.30. The summed E-state index contributed by atoms with van der Waals surface area (Å²) in [4.78, 5) is 111. The molecule has 0 aliphatic rings. The first-order valence-electron chi connectivity index (χ1n) is 26.0. The van der Waals surface area contributed by atoms with Crippen LogP contribution in [0.15, 0.2) is 160 Å². The molecular formula is C62H58BF3N6NaO15. The Bertz CT molecular complexity index is 4170. The van der Waals surface area contributed by atoms with Gasteiger partial charge in [-0.3, -0.25) is 19.2 Å². The summed E-state index contributed by atoms with van der Waals surface area (Å²) in [5.74, 6) is -7.35. The third kappa shape index (κ3) is 19.0. The van der Waals surface area contributed by atoms with Gasteiger partial charge in [-0.15, -0.1) is 0 Å². The monoisotopic (exact) mass is 1220 g/mol. The van der Waals surface area contributed by atoms with E-state index in [1.165, 1.54) is 49.8 Å². The molecule has 0 bridgehead atoms. The number of nitrogen functional groups attached to an aromatic ring is 1. The van der Waals surface area contributed by atoms with Gasteiger partial charge in [0.25, 0.3) is 0 Å². The molecule has 3 aromatic heterocycles. The van der Waals surface area contributed by atoms with E-state index < -0.39 is 80.7 Å². The number of fused-ring (bicyclic) bond motifs is 3. The molecule has 0 saturated carbocycles. The number of aromatic carboxylic acids is 2. The van der Waals surface area contributed by atoms with Gasteiger partial charge in [0, 0.05) is 97.2 Å². The third-order valence-corrected chi connectivity index (χ3v) is 12.3. The van der Waals surface area contributed by atoms with Gasteiger partial charge in [-0.1, -0.05) is 54.6 Å². The van der Waals surface area contributed by atoms with Gasteiger partial charge in [0.1, 0.15) is 34.1 Å². The van der Waals surface area contributed by atoms with Crippen molar-refractivity contribution in [2.75, 3.05) is 43.7 Å². The van der Waals surface area contributed by atoms with Crippen molar-refractivity contribution in [3.8, 4) is 0 Å². The average molecular weight is 1220 g/mol. The van der Waals surface area contributed by atoms with Crippen LogP contribution in [-0.2, 0) is 53.2 Å². The molecule has 0 aliphatic heterocycles. The van der Waals surface area contributed by atoms with E-state index in [-0.39, 0.29) is 57.9 Å². The van der Waals surface area contributed by atoms with Crippen LogP contribution in [-0.4, -0.2) is 95.5 Å². The summed E-state index contributed by atoms with van der Waals surface area (Å²) in [6, 6.07) is 35.4. The Morgan fingerprint density at radius 2 is 0.875 bits per heavy atom. The number of hydrogen-bond acceptors (Lipinski definition) is 16. The molecule has 0 unspecified atom stereocenters. The van der Waals surface area contributed by atoms with Gasteiger partial charge >= 0.3 is 59.4 Å². The predicted octanol–water partition coefficient (Wildman–Crippen LogP) is 5.49. The molecule has 0 amide bonds. The fourth-order valence-corrected chi connectivity index (χ4v) is 8.24. The van der Waals surface area contributed by atoms with E-state index in [1.54, 1.807) is 51.0 Å². The summed E-state index contributed by atoms with van der Waals surface area (Å²) in [7, 11) is 10.0. The number of benzene rings is 6. The fraction of sp³-hybridized carbons (Fsp3) is 0.177. The smallest absolute Gasteiger partial charge is 0.793 e. The molecule has 21 nitrogen and oxygen atoms in total. The number of carbonyl (C=O) groups is 6. The van der Waals surface area contributed by atoms with Gasteiger partial charge in [-0.05, 0) is 96.4 Å². The van der Waals surface area contributed by atoms with Gasteiger partial charge in [0.05, 0.1) is 39.3 Å². The minimum absolute atomic E-state index is 0. The number of nitrogens with two attached hydrogens (primary N) is 1. The minimum atomic E-state index is -1.37. The number of halogens is 3. The van der Waals surface area contributed by atoms with Crippen molar-refractivity contribution < 1.29 is 101 Å². The molecule has 5 N–H and O–H groups in total. The summed E-state index contributed by atoms with van der Waals surface area (Å²) in [5.41, 5.74) is 8.80. The minimum Gasteiger partial charge on any atom is -0.793 e. The van der Waals surface area contributed by atoms with Crippen LogP contribution in [0.25, 0.3) is 32.7 Å². The molecule has 451 valence electrons. The Kier molecular flexibility index (Phi) is 26.5. The van der Waals surface area contributed by atoms with E-state index in [2.05, 4.69) is 27.8 Å². The number of aromatic nitrogens is 3. The van der Waals surface area contributed by atoms with E-state index in [9.17, 15) is 66.5 Å². The number of carboxylic acids is 2. The number of esters is 1. The third-order valence-electron chi connectivity index (χ3n) is 12.3. The summed E-state index contributed by atoms with van der Waals surface area (Å²) < 4.78 is 55.9. The molecule has 6 aromatic carbocycles. The first-order valence-corrected chi connectivity index (χ1v) is 26.0. The molecule has 0 saturated heterocycles. The van der Waals surface area contributed by atoms with Crippen molar-refractivity contribution in [2.24, 2.45) is 0 Å². The zero-order chi connectivity index (χ0) is 64.2. The van der Waals surface area contributed by atoms with Gasteiger partial charge in [0.15, 0.2) is 0 Å². The topological polar surface area (TPSA) is 287 Å². The van der Waals surface area contributed by atoms with Crippen LogP contribution in [0, 0.1) is 17.5 Å². The van der Waals surface area contributed by atoms with Gasteiger partial charge in [-0.25, -0.2) is 46.9 Å². The molecular weight excluding hydrogens is 1160 g/mol. The quantitative estimate of drug-likeness (QED) is 0.0386. The summed E-state index contributed by atoms with van der Waals surface area (Å²) in [5, 5.41) is 21.0. The van der Waals surface area contributed by atoms with Crippen molar-refractivity contribution in [1.82, 2.24) is 13.7 Å². The molecule has 3 radical (unpaired) electrons. The first kappa shape index (κ1) is 70.5. The van der Waals surface area contributed by atoms with Crippen LogP contribution in [0.4, 0.5) is 30.2 Å². The summed E-state index contributed by atoms with van der Waals surface area (Å²) in [6.07, 6.45) is 3.95. The van der Waals surface area contributed by atoms with E-state index in [4.69, 9.17) is 10.5 Å². The van der Waals surface area contributed by atoms with Crippen molar-refractivity contribution >= 4 is 93.6 Å². The molecule has 88 heavy (non-hydrogen) atoms. The SMILES string of the molecule is CC(=O)OOC(C)=O.CCOC(=O)c1cn(Cc2ccc(N)cc2)c2cccc(F)c2c1=O.CN(C)c1ccc(Cn2cc(C(=O)O)c(=O)c3c(F)cccc32)cc1.CNc1ccc(Cn2cc(C(=O)O)c(=O)c3c(F)cccc32)cc1.[B-]OC(C)=O.[Na+]. The second-order valence-electron chi connectivity index (χ2n) is 18.7. The molecule has 0 aliphatic carbocycles. The Balaban J connectivity index is 0.000000255. The van der Waals surface area contributed by atoms with Crippen molar-refractivity contribution in [1.29, 1.82) is 0 Å². The number of ether oxygens (including phenoxy) is 1. The number of anilines is 3. The van der Waals surface area contributed by atoms with Crippen LogP contribution in [0.1, 0.15) is 75.5 Å². The summed E-state index contributed by atoms with van der Waals surface area (Å²) >= 11 is 0. The number of hydrogen-bond donors (Lipinski definition) is 4. The number of nitrogens with one attached hydrogen (secondary N) is 1. The number of carboxylic acid groups (broad SMARTS) is 2. The van der Waals surface area contributed by atoms with Crippen LogP contribution < -0.4 is 61.8 Å². The Labute approximate surface area is 523 Å². The zero-order valence-electron chi connectivity index (χ0n) is 49.0. The van der Waals surface area contributed by atoms with E-state index in [0.717, 1.165) is 54.0 Å². The van der Waals surface area contributed by atoms with Gasteiger partial charge in [0.2, 0.25) is 22.3 Å². The predicted molar refractivity (Wildman–Crippen MR) is 320 cm³/mol. The van der Waals surface area contributed by atoms with Crippen molar-refractivity contribution in [2.45, 2.75) is 47.3 Å². The molecule has 0 fully saturated rings. The number of rotatable bonds is 12. The molecule has 3 heterocycles. The van der Waals surface area contributed by atoms with Crippen LogP contribution >= 0.6 is 0 Å². The Hall–Kier alpha value is -9.98. The zero-order valence-corrected chi connectivity index (χ0v) is 51.0. The van der Waals surface area contributed by atoms with Gasteiger partial charge < -0.3 is 57.3 Å². The van der Waals surface area contributed by atoms with Crippen LogP contribution in [0.3, 0.4) is 0 Å². The first-order chi connectivity index (χ1) is 41.3. The largest absolute Gasteiger partial charge is 1.00 e. The molecule has 9 rings (SSSR count). The van der Waals surface area contributed by atoms with Crippen LogP contribution in [0.2, 0.25) is 0 Å². The second-order valence-corrected chi connectivity index (χ2v) is 18.7. The van der Waals surface area contributed by atoms with Crippen molar-refractivity contribution in [3.05, 3.63) is 227 Å². The normalized spacial score (nSPS) is 10.2. The van der Waals surface area contributed by atoms with E-state index in [1.807, 2.05) is 86.7 Å². The standard InChI is InChI=1S/2C19H17FN2O3.C18H15FN2O3.C4H6O4.C2H3BO2.Na/c1-21(2)13-8-6-12(7-9-13)10-22-11-14(19(24)25)18(23)17-15(20)4-3-5-16(17)22;1-2-25-19(24)14-11-22(10-12-6-8-13(21)9-7-12)16-5-3-4-15(20)17(16)18(14)23;1-20-12-7-5-11(6-8-12)9-21-10-13(18(23)24)17(22)16-14(19)3-2-4-15(16)21;1-3(5)7-8-4(2)6;1-2(4)5-3;/h3-9,11H,10H2,1-2H3,(H,24,25);3-9,11H,2,10,21H2,1H3;2-8,10,20H,9H2,1H3,(H,23,24);1-2H3;1H3;/q;;;;-1;+1. The second kappa shape index (κ2) is 33.1. The van der Waals surface area contributed by atoms with Crippen molar-refractivity contribution in [3.63, 3.8) is 0 Å². The average Bonchev–Trinajstić information content (AvgIpc) is 0.845. The maximum Gasteiger partial charge on any atom is 1.00 e. The number of nitrogens with zero attached hydrogens (tertiary/aromatic N) is 4. The number of carbonyl (C=O) groups excluding carboxylic acids is 4. The molecule has 26 heteroatoms. The van der Waals surface area contributed by atoms with E-state index >= 15 is 0 Å². The van der Waals surface area contributed by atoms with Crippen LogP contribution in [0.5, 0.6) is 0 Å². The molecule has 0 spiro atoms. The Morgan fingerprint density at radius 3 is 1.18 bits per heavy atom.